The summed E-state index contributed by atoms with van der Waals surface area (Å²) in [6.07, 6.45) is 5.82. The third kappa shape index (κ3) is 8.48. The highest BCUT2D eigenvalue weighted by molar-refractivity contribution is 5.68. The average Bonchev–Trinajstić information content (AvgIpc) is 3.56. The molecule has 2 aliphatic rings. The van der Waals surface area contributed by atoms with Gasteiger partial charge in [-0.25, -0.2) is 13.6 Å². The Morgan fingerprint density at radius 2 is 1.81 bits per heavy atom. The maximum Gasteiger partial charge on any atom is 0.407 e. The van der Waals surface area contributed by atoms with Crippen LogP contribution in [0.1, 0.15) is 72.3 Å². The number of ether oxygens (including phenoxy) is 2. The molecule has 1 amide bonds. The number of benzene rings is 1. The number of nitrogens with one attached hydrogen (secondary N) is 2. The van der Waals surface area contributed by atoms with Gasteiger partial charge in [0, 0.05) is 25.3 Å². The normalized spacial score (nSPS) is 21.1. The van der Waals surface area contributed by atoms with Crippen LogP contribution in [0.25, 0.3) is 0 Å². The van der Waals surface area contributed by atoms with Crippen LogP contribution in [0.4, 0.5) is 13.6 Å². The van der Waals surface area contributed by atoms with Gasteiger partial charge in [0.1, 0.15) is 17.2 Å². The van der Waals surface area contributed by atoms with E-state index >= 15 is 0 Å². The first kappa shape index (κ1) is 29.5. The number of hydrogen-bond acceptors (Lipinski definition) is 5. The van der Waals surface area contributed by atoms with Gasteiger partial charge in [0.05, 0.1) is 18.8 Å². The monoisotopic (exact) mass is 522 g/mol. The maximum atomic E-state index is 13.8. The van der Waals surface area contributed by atoms with E-state index in [1.807, 2.05) is 0 Å². The number of alkyl carbamates (subject to hydrolysis) is 1. The van der Waals surface area contributed by atoms with E-state index in [0.29, 0.717) is 18.1 Å². The van der Waals surface area contributed by atoms with Gasteiger partial charge in [-0.05, 0) is 88.3 Å². The van der Waals surface area contributed by atoms with Gasteiger partial charge >= 0.3 is 6.09 Å². The lowest BCUT2D eigenvalue weighted by Gasteiger charge is -2.39. The largest absolute Gasteiger partial charge is 0.444 e. The van der Waals surface area contributed by atoms with Gasteiger partial charge in [-0.2, -0.15) is 0 Å². The topological polar surface area (TPSA) is 79.8 Å². The Kier molecular flexibility index (Phi) is 9.41. The molecule has 208 valence electrons. The minimum Gasteiger partial charge on any atom is -0.444 e. The second kappa shape index (κ2) is 11.8. The van der Waals surface area contributed by atoms with E-state index in [0.717, 1.165) is 38.2 Å². The summed E-state index contributed by atoms with van der Waals surface area (Å²) in [7, 11) is 1.74. The van der Waals surface area contributed by atoms with Crippen LogP contribution in [0.2, 0.25) is 0 Å². The van der Waals surface area contributed by atoms with Crippen molar-refractivity contribution in [2.24, 2.45) is 11.3 Å². The highest BCUT2D eigenvalue weighted by Gasteiger charge is 2.48. The number of methoxy groups -OCH3 is 1. The molecule has 1 saturated carbocycles. The van der Waals surface area contributed by atoms with E-state index in [1.165, 1.54) is 17.7 Å². The first-order valence-electron chi connectivity index (χ1n) is 13.3. The Hall–Kier alpha value is -2.03. The Balaban J connectivity index is 1.68. The molecule has 1 fully saturated rings. The molecular weight excluding hydrogens is 478 g/mol. The van der Waals surface area contributed by atoms with E-state index in [4.69, 9.17) is 9.47 Å². The number of hydrogen-bond donors (Lipinski definition) is 3. The van der Waals surface area contributed by atoms with Crippen LogP contribution in [0.3, 0.4) is 0 Å². The van der Waals surface area contributed by atoms with Crippen LogP contribution >= 0.6 is 0 Å². The molecule has 3 unspecified atom stereocenters. The summed E-state index contributed by atoms with van der Waals surface area (Å²) in [5.74, 6) is -0.891. The fourth-order valence-electron chi connectivity index (χ4n) is 5.36. The molecule has 8 heteroatoms. The third-order valence-corrected chi connectivity index (χ3v) is 7.55. The van der Waals surface area contributed by atoms with Crippen molar-refractivity contribution in [1.29, 1.82) is 0 Å². The number of amides is 1. The zero-order valence-electron chi connectivity index (χ0n) is 23.1. The molecule has 1 aromatic carbocycles. The van der Waals surface area contributed by atoms with Gasteiger partial charge in [-0.15, -0.1) is 0 Å². The molecule has 0 bridgehead atoms. The average molecular weight is 523 g/mol. The molecule has 0 heterocycles. The SMILES string of the molecule is COCC(C)(C)C1CCC=C(C2(NCC(O)C(Cc3cc(F)cc(F)c3)NC(=O)OC(C)(C)C)CC2)C1. The first-order valence-corrected chi connectivity index (χ1v) is 13.3. The van der Waals surface area contributed by atoms with Gasteiger partial charge < -0.3 is 25.2 Å². The number of carbonyl (C=O) groups excluding carboxylic acids is 1. The summed E-state index contributed by atoms with van der Waals surface area (Å²) >= 11 is 0. The van der Waals surface area contributed by atoms with Gasteiger partial charge in [-0.3, -0.25) is 0 Å². The Labute approximate surface area is 220 Å². The Morgan fingerprint density at radius 1 is 1.16 bits per heavy atom. The molecule has 2 aliphatic carbocycles. The van der Waals surface area contributed by atoms with Crippen molar-refractivity contribution in [3.63, 3.8) is 0 Å². The predicted octanol–water partition coefficient (Wildman–Crippen LogP) is 5.28. The predicted molar refractivity (Wildman–Crippen MR) is 140 cm³/mol. The number of rotatable bonds is 11. The molecule has 3 N–H and O–H groups in total. The van der Waals surface area contributed by atoms with Crippen molar-refractivity contribution in [1.82, 2.24) is 10.6 Å². The molecule has 0 saturated heterocycles. The van der Waals surface area contributed by atoms with E-state index in [1.54, 1.807) is 27.9 Å². The van der Waals surface area contributed by atoms with Crippen LogP contribution in [0.15, 0.2) is 29.8 Å². The number of β-amino-alcohol motifs (C(OH)–C–C–N with tert-alkyl or cyclic N) is 1. The van der Waals surface area contributed by atoms with Crippen molar-refractivity contribution < 1.29 is 28.2 Å². The number of aliphatic hydroxyl groups is 1. The molecule has 0 aromatic heterocycles. The summed E-state index contributed by atoms with van der Waals surface area (Å²) in [6, 6.07) is 2.43. The summed E-state index contributed by atoms with van der Waals surface area (Å²) in [4.78, 5) is 12.5. The molecular formula is C29H44F2N2O4. The summed E-state index contributed by atoms with van der Waals surface area (Å²) in [5, 5.41) is 17.4. The molecule has 0 spiro atoms. The van der Waals surface area contributed by atoms with Crippen molar-refractivity contribution in [3.05, 3.63) is 47.0 Å². The summed E-state index contributed by atoms with van der Waals surface area (Å²) in [5.41, 5.74) is 0.930. The van der Waals surface area contributed by atoms with E-state index in [-0.39, 0.29) is 23.9 Å². The van der Waals surface area contributed by atoms with Gasteiger partial charge in [0.15, 0.2) is 0 Å². The molecule has 37 heavy (non-hydrogen) atoms. The van der Waals surface area contributed by atoms with E-state index in [2.05, 4.69) is 30.6 Å². The lowest BCUT2D eigenvalue weighted by molar-refractivity contribution is 0.0418. The van der Waals surface area contributed by atoms with Crippen molar-refractivity contribution in [2.45, 2.75) is 96.4 Å². The second-order valence-corrected chi connectivity index (χ2v) is 12.4. The minimum absolute atomic E-state index is 0.0553. The molecule has 3 atom stereocenters. The smallest absolute Gasteiger partial charge is 0.407 e. The number of allylic oxidation sites excluding steroid dienone is 1. The van der Waals surface area contributed by atoms with Gasteiger partial charge in [0.2, 0.25) is 0 Å². The quantitative estimate of drug-likeness (QED) is 0.345. The van der Waals surface area contributed by atoms with Crippen LogP contribution in [0.5, 0.6) is 0 Å². The van der Waals surface area contributed by atoms with Crippen LogP contribution in [-0.2, 0) is 15.9 Å². The van der Waals surface area contributed by atoms with Crippen LogP contribution < -0.4 is 10.6 Å². The van der Waals surface area contributed by atoms with Crippen molar-refractivity contribution >= 4 is 6.09 Å². The van der Waals surface area contributed by atoms with Gasteiger partial charge in [-0.1, -0.05) is 25.5 Å². The fourth-order valence-corrected chi connectivity index (χ4v) is 5.36. The van der Waals surface area contributed by atoms with Crippen molar-refractivity contribution in [3.8, 4) is 0 Å². The lowest BCUT2D eigenvalue weighted by Crippen LogP contribution is -2.52. The summed E-state index contributed by atoms with van der Waals surface area (Å²) in [6.45, 7) is 10.7. The third-order valence-electron chi connectivity index (χ3n) is 7.55. The van der Waals surface area contributed by atoms with Gasteiger partial charge in [0.25, 0.3) is 0 Å². The first-order chi connectivity index (χ1) is 17.2. The molecule has 6 nitrogen and oxygen atoms in total. The number of aliphatic hydroxyl groups excluding tert-OH is 1. The van der Waals surface area contributed by atoms with Crippen LogP contribution in [-0.4, -0.2) is 54.7 Å². The fraction of sp³-hybridized carbons (Fsp3) is 0.690. The molecule has 0 radical (unpaired) electrons. The zero-order valence-corrected chi connectivity index (χ0v) is 23.1. The second-order valence-electron chi connectivity index (χ2n) is 12.4. The van der Waals surface area contributed by atoms with E-state index in [9.17, 15) is 18.7 Å². The standard InChI is InChI=1S/C29H44F2N2O4/c1-27(2,3)37-26(35)33-24(14-19-12-22(30)16-23(31)13-19)25(34)17-32-29(10-11-29)21-9-7-8-20(15-21)28(4,5)18-36-6/h9,12-13,16,20,24-25,32,34H,7-8,10-11,14-15,17-18H2,1-6H3,(H,33,35). The summed E-state index contributed by atoms with van der Waals surface area (Å²) < 4.78 is 38.4. The number of halogens is 2. The number of carbonyl (C=O) groups is 1. The molecule has 1 aromatic rings. The van der Waals surface area contributed by atoms with Crippen LogP contribution in [0, 0.1) is 23.0 Å². The minimum atomic E-state index is -0.999. The Morgan fingerprint density at radius 3 is 2.38 bits per heavy atom. The highest BCUT2D eigenvalue weighted by atomic mass is 19.1. The molecule has 3 rings (SSSR count). The Bertz CT molecular complexity index is 949. The lowest BCUT2D eigenvalue weighted by atomic mass is 9.70. The van der Waals surface area contributed by atoms with Crippen molar-refractivity contribution in [2.75, 3.05) is 20.3 Å². The highest BCUT2D eigenvalue weighted by Crippen LogP contribution is 2.49. The maximum absolute atomic E-state index is 13.8. The zero-order chi connectivity index (χ0) is 27.4. The van der Waals surface area contributed by atoms with E-state index < -0.39 is 35.5 Å². The molecule has 0 aliphatic heterocycles.